The molecule has 3 atom stereocenters. The van der Waals surface area contributed by atoms with Crippen molar-refractivity contribution in [2.75, 3.05) is 6.26 Å². The zero-order valence-electron chi connectivity index (χ0n) is 16.7. The van der Waals surface area contributed by atoms with Gasteiger partial charge in [-0.1, -0.05) is 6.07 Å². The number of alkyl halides is 3. The molecule has 0 spiro atoms. The number of halogens is 5. The molecule has 1 fully saturated rings. The number of benzene rings is 2. The van der Waals surface area contributed by atoms with E-state index in [2.05, 4.69) is 11.1 Å². The second-order valence-electron chi connectivity index (χ2n) is 8.15. The fraction of sp³-hybridized carbons (Fsp3) is 0.318. The molecule has 2 aromatic carbocycles. The fourth-order valence-electron chi connectivity index (χ4n) is 4.26. The molecule has 1 heterocycles. The first-order valence-corrected chi connectivity index (χ1v) is 11.7. The van der Waals surface area contributed by atoms with Crippen molar-refractivity contribution in [3.05, 3.63) is 70.4 Å². The van der Waals surface area contributed by atoms with Gasteiger partial charge < -0.3 is 4.98 Å². The number of hydrogen-bond acceptors (Lipinski definition) is 3. The quantitative estimate of drug-likeness (QED) is 0.517. The monoisotopic (exact) mass is 468 g/mol. The summed E-state index contributed by atoms with van der Waals surface area (Å²) in [5.41, 5.74) is -0.233. The van der Waals surface area contributed by atoms with E-state index >= 15 is 0 Å². The topological polar surface area (TPSA) is 73.7 Å². The molecule has 4 nitrogen and oxygen atoms in total. The van der Waals surface area contributed by atoms with E-state index in [0.29, 0.717) is 29.0 Å². The van der Waals surface area contributed by atoms with Crippen LogP contribution in [0.2, 0.25) is 0 Å². The molecule has 168 valence electrons. The van der Waals surface area contributed by atoms with Gasteiger partial charge in [0.15, 0.2) is 9.84 Å². The lowest BCUT2D eigenvalue weighted by Gasteiger charge is -2.19. The summed E-state index contributed by atoms with van der Waals surface area (Å²) in [6.45, 7) is 0. The summed E-state index contributed by atoms with van der Waals surface area (Å²) in [5.74, 6) is -3.79. The summed E-state index contributed by atoms with van der Waals surface area (Å²) < 4.78 is 91.7. The maximum absolute atomic E-state index is 14.9. The predicted octanol–water partition coefficient (Wildman–Crippen LogP) is 5.30. The Morgan fingerprint density at radius 3 is 2.47 bits per heavy atom. The summed E-state index contributed by atoms with van der Waals surface area (Å²) >= 11 is 0. The molecular formula is C22H17F5N2O2S. The Balaban J connectivity index is 1.89. The number of rotatable bonds is 5. The Hall–Kier alpha value is -2.93. The van der Waals surface area contributed by atoms with Crippen molar-refractivity contribution in [3.63, 3.8) is 0 Å². The summed E-state index contributed by atoms with van der Waals surface area (Å²) in [6, 6.07) is 6.59. The van der Waals surface area contributed by atoms with Crippen molar-refractivity contribution < 1.29 is 30.4 Å². The lowest BCUT2D eigenvalue weighted by molar-refractivity contribution is -0.137. The molecule has 0 bridgehead atoms. The van der Waals surface area contributed by atoms with Gasteiger partial charge in [0.25, 0.3) is 0 Å². The molecular weight excluding hydrogens is 451 g/mol. The van der Waals surface area contributed by atoms with Gasteiger partial charge in [-0.3, -0.25) is 0 Å². The number of aromatic amines is 1. The SMILES string of the molecule is CS(=O)(=O)Cc1cc(F)cc2c(C(c3ccc(C(F)(F)F)cc3F)C3CC3C#N)c[nH]c12. The van der Waals surface area contributed by atoms with Gasteiger partial charge in [0, 0.05) is 23.8 Å². The maximum atomic E-state index is 14.9. The minimum atomic E-state index is -4.71. The standard InChI is InChI=1S/C22H17F5N2O2S/c1-32(30,31)10-12-4-14(23)7-17-18(9-29-21(12)17)20(16-5-11(16)8-28)15-3-2-13(6-19(15)24)22(25,26)27/h2-4,6-7,9,11,16,20,29H,5,10H2,1H3. The highest BCUT2D eigenvalue weighted by molar-refractivity contribution is 7.89. The highest BCUT2D eigenvalue weighted by Crippen LogP contribution is 2.53. The third-order valence-corrected chi connectivity index (χ3v) is 6.55. The van der Waals surface area contributed by atoms with Crippen LogP contribution < -0.4 is 0 Å². The first-order chi connectivity index (χ1) is 14.9. The van der Waals surface area contributed by atoms with Crippen molar-refractivity contribution in [3.8, 4) is 6.07 Å². The van der Waals surface area contributed by atoms with Crippen LogP contribution in [-0.4, -0.2) is 19.7 Å². The van der Waals surface area contributed by atoms with Crippen molar-refractivity contribution >= 4 is 20.7 Å². The maximum Gasteiger partial charge on any atom is 0.416 e. The highest BCUT2D eigenvalue weighted by Gasteiger charge is 2.46. The van der Waals surface area contributed by atoms with Crippen LogP contribution in [0.3, 0.4) is 0 Å². The molecule has 0 amide bonds. The molecule has 1 aliphatic carbocycles. The van der Waals surface area contributed by atoms with E-state index in [9.17, 15) is 35.6 Å². The van der Waals surface area contributed by atoms with E-state index in [1.807, 2.05) is 0 Å². The number of H-pyrrole nitrogens is 1. The van der Waals surface area contributed by atoms with Gasteiger partial charge in [-0.25, -0.2) is 17.2 Å². The van der Waals surface area contributed by atoms with Crippen molar-refractivity contribution in [1.29, 1.82) is 5.26 Å². The third-order valence-electron chi connectivity index (χ3n) is 5.72. The number of nitriles is 1. The van der Waals surface area contributed by atoms with Crippen LogP contribution in [0, 0.1) is 34.8 Å². The summed E-state index contributed by atoms with van der Waals surface area (Å²) in [5, 5.41) is 9.59. The Kier molecular flexibility index (Phi) is 5.28. The van der Waals surface area contributed by atoms with Gasteiger partial charge in [-0.05, 0) is 53.3 Å². The zero-order valence-corrected chi connectivity index (χ0v) is 17.5. The Morgan fingerprint density at radius 2 is 1.91 bits per heavy atom. The minimum absolute atomic E-state index is 0.0319. The molecule has 1 aliphatic rings. The number of aromatic nitrogens is 1. The predicted molar refractivity (Wildman–Crippen MR) is 107 cm³/mol. The summed E-state index contributed by atoms with van der Waals surface area (Å²) in [7, 11) is -3.49. The Morgan fingerprint density at radius 1 is 1.19 bits per heavy atom. The van der Waals surface area contributed by atoms with Gasteiger partial charge >= 0.3 is 6.18 Å². The van der Waals surface area contributed by atoms with Crippen LogP contribution in [0.1, 0.15) is 34.6 Å². The van der Waals surface area contributed by atoms with E-state index in [1.165, 1.54) is 12.3 Å². The molecule has 0 aliphatic heterocycles. The van der Waals surface area contributed by atoms with Crippen LogP contribution in [-0.2, 0) is 21.8 Å². The first kappa shape index (κ1) is 22.3. The Labute approximate surface area is 180 Å². The van der Waals surface area contributed by atoms with Crippen molar-refractivity contribution in [2.45, 2.75) is 24.3 Å². The average molecular weight is 468 g/mol. The molecule has 0 radical (unpaired) electrons. The van der Waals surface area contributed by atoms with Gasteiger partial charge in [0.05, 0.1) is 28.8 Å². The smallest absolute Gasteiger partial charge is 0.361 e. The van der Waals surface area contributed by atoms with E-state index in [4.69, 9.17) is 0 Å². The molecule has 4 rings (SSSR count). The van der Waals surface area contributed by atoms with E-state index in [0.717, 1.165) is 24.5 Å². The fourth-order valence-corrected chi connectivity index (χ4v) is 5.05. The highest BCUT2D eigenvalue weighted by atomic mass is 32.2. The van der Waals surface area contributed by atoms with Gasteiger partial charge in [-0.2, -0.15) is 18.4 Å². The number of hydrogen-bond donors (Lipinski definition) is 1. The largest absolute Gasteiger partial charge is 0.416 e. The van der Waals surface area contributed by atoms with Gasteiger partial charge in [0.2, 0.25) is 0 Å². The third kappa shape index (κ3) is 4.21. The average Bonchev–Trinajstić information content (AvgIpc) is 3.32. The van der Waals surface area contributed by atoms with E-state index < -0.39 is 50.8 Å². The molecule has 3 aromatic rings. The molecule has 32 heavy (non-hydrogen) atoms. The van der Waals surface area contributed by atoms with E-state index in [-0.39, 0.29) is 17.0 Å². The summed E-state index contributed by atoms with van der Waals surface area (Å²) in [4.78, 5) is 2.91. The number of fused-ring (bicyclic) bond motifs is 1. The number of nitrogens with one attached hydrogen (secondary N) is 1. The first-order valence-electron chi connectivity index (χ1n) is 9.62. The Bertz CT molecular complexity index is 1360. The van der Waals surface area contributed by atoms with Gasteiger partial charge in [0.1, 0.15) is 11.6 Å². The van der Waals surface area contributed by atoms with Crippen LogP contribution in [0.5, 0.6) is 0 Å². The minimum Gasteiger partial charge on any atom is -0.361 e. The normalized spacial score (nSPS) is 19.7. The summed E-state index contributed by atoms with van der Waals surface area (Å²) in [6.07, 6.45) is -1.81. The number of sulfone groups is 1. The lowest BCUT2D eigenvalue weighted by Crippen LogP contribution is -2.11. The second kappa shape index (κ2) is 7.59. The zero-order chi connectivity index (χ0) is 23.4. The molecule has 1 N–H and O–H groups in total. The molecule has 3 unspecified atom stereocenters. The van der Waals surface area contributed by atoms with Crippen LogP contribution >= 0.6 is 0 Å². The molecule has 1 aromatic heterocycles. The lowest BCUT2D eigenvalue weighted by atomic mass is 9.85. The van der Waals surface area contributed by atoms with Crippen LogP contribution in [0.25, 0.3) is 10.9 Å². The second-order valence-corrected chi connectivity index (χ2v) is 10.3. The van der Waals surface area contributed by atoms with Crippen molar-refractivity contribution in [2.24, 2.45) is 11.8 Å². The number of nitrogens with zero attached hydrogens (tertiary/aromatic N) is 1. The van der Waals surface area contributed by atoms with Crippen molar-refractivity contribution in [1.82, 2.24) is 4.98 Å². The van der Waals surface area contributed by atoms with Crippen LogP contribution in [0.4, 0.5) is 22.0 Å². The van der Waals surface area contributed by atoms with Gasteiger partial charge in [-0.15, -0.1) is 0 Å². The molecule has 10 heteroatoms. The van der Waals surface area contributed by atoms with E-state index in [1.54, 1.807) is 0 Å². The van der Waals surface area contributed by atoms with Crippen LogP contribution in [0.15, 0.2) is 36.5 Å². The molecule has 1 saturated carbocycles. The molecule has 0 saturated heterocycles.